The average molecular weight is 224 g/mol. The van der Waals surface area contributed by atoms with Crippen LogP contribution >= 0.6 is 23.2 Å². The summed E-state index contributed by atoms with van der Waals surface area (Å²) < 4.78 is 13.1. The third-order valence-electron chi connectivity index (χ3n) is 1.67. The highest BCUT2D eigenvalue weighted by Crippen LogP contribution is 2.28. The summed E-state index contributed by atoms with van der Waals surface area (Å²) in [5.41, 5.74) is 5.49. The Morgan fingerprint density at radius 2 is 2.15 bits per heavy atom. The van der Waals surface area contributed by atoms with Crippen molar-refractivity contribution in [3.8, 4) is 0 Å². The van der Waals surface area contributed by atoms with Crippen molar-refractivity contribution in [3.05, 3.63) is 28.5 Å². The van der Waals surface area contributed by atoms with Gasteiger partial charge in [-0.1, -0.05) is 17.7 Å². The molecule has 0 aromatic heterocycles. The van der Waals surface area contributed by atoms with Crippen LogP contribution in [0.2, 0.25) is 5.02 Å². The largest absolute Gasteiger partial charge is 0.396 e. The summed E-state index contributed by atoms with van der Waals surface area (Å²) in [5.74, 6) is -0.756. The Kier molecular flexibility index (Phi) is 3.36. The summed E-state index contributed by atoms with van der Waals surface area (Å²) in [7, 11) is 0. The zero-order valence-electron chi connectivity index (χ0n) is 6.60. The van der Waals surface area contributed by atoms with Crippen LogP contribution in [-0.2, 0) is 0 Å². The molecule has 13 heavy (non-hydrogen) atoms. The number of nitrogen functional groups attached to an aromatic ring is 1. The number of aliphatic hydroxyl groups excluding tert-OH is 1. The molecule has 0 aliphatic rings. The standard InChI is InChI=1S/C8H8Cl2FNO/c9-3-6(13)4-1-2-5(10)7(11)8(4)12/h1-2,6,13H,3,12H2. The number of halogens is 3. The fourth-order valence-corrected chi connectivity index (χ4v) is 1.29. The van der Waals surface area contributed by atoms with Crippen molar-refractivity contribution in [2.45, 2.75) is 6.10 Å². The van der Waals surface area contributed by atoms with Crippen LogP contribution in [0.3, 0.4) is 0 Å². The molecule has 2 nitrogen and oxygen atoms in total. The third kappa shape index (κ3) is 2.05. The maximum atomic E-state index is 13.1. The first-order valence-electron chi connectivity index (χ1n) is 3.55. The highest BCUT2D eigenvalue weighted by atomic mass is 35.5. The average Bonchev–Trinajstić information content (AvgIpc) is 2.13. The number of anilines is 1. The van der Waals surface area contributed by atoms with Gasteiger partial charge in [0.25, 0.3) is 0 Å². The molecule has 1 aromatic carbocycles. The molecule has 1 aromatic rings. The Labute approximate surface area is 85.1 Å². The molecule has 0 radical (unpaired) electrons. The van der Waals surface area contributed by atoms with Gasteiger partial charge in [0, 0.05) is 5.56 Å². The van der Waals surface area contributed by atoms with Crippen molar-refractivity contribution in [3.63, 3.8) is 0 Å². The van der Waals surface area contributed by atoms with Crippen LogP contribution in [0.25, 0.3) is 0 Å². The summed E-state index contributed by atoms with van der Waals surface area (Å²) in [6, 6.07) is 2.78. The molecule has 1 unspecified atom stereocenters. The molecule has 0 aliphatic carbocycles. The number of alkyl halides is 1. The first-order valence-corrected chi connectivity index (χ1v) is 4.46. The van der Waals surface area contributed by atoms with E-state index < -0.39 is 11.9 Å². The van der Waals surface area contributed by atoms with Crippen molar-refractivity contribution < 1.29 is 9.50 Å². The molecule has 1 atom stereocenters. The third-order valence-corrected chi connectivity index (χ3v) is 2.26. The molecule has 0 saturated carbocycles. The Morgan fingerprint density at radius 1 is 1.54 bits per heavy atom. The molecule has 0 spiro atoms. The predicted octanol–water partition coefficient (Wildman–Crippen LogP) is 2.33. The fraction of sp³-hybridized carbons (Fsp3) is 0.250. The molecule has 0 saturated heterocycles. The van der Waals surface area contributed by atoms with E-state index in [1.54, 1.807) is 0 Å². The maximum absolute atomic E-state index is 13.1. The van der Waals surface area contributed by atoms with Gasteiger partial charge >= 0.3 is 0 Å². The number of hydrogen-bond acceptors (Lipinski definition) is 2. The smallest absolute Gasteiger partial charge is 0.165 e. The zero-order valence-corrected chi connectivity index (χ0v) is 8.11. The number of aliphatic hydroxyl groups is 1. The Morgan fingerprint density at radius 3 is 2.69 bits per heavy atom. The molecule has 0 fully saturated rings. The molecule has 3 N–H and O–H groups in total. The molecule has 0 aliphatic heterocycles. The predicted molar refractivity (Wildman–Crippen MR) is 51.5 cm³/mol. The molecule has 0 bridgehead atoms. The highest BCUT2D eigenvalue weighted by Gasteiger charge is 2.14. The van der Waals surface area contributed by atoms with Gasteiger partial charge in [0.05, 0.1) is 22.7 Å². The Bertz CT molecular complexity index is 319. The zero-order chi connectivity index (χ0) is 10.0. The first-order chi connectivity index (χ1) is 6.07. The molecule has 1 rings (SSSR count). The highest BCUT2D eigenvalue weighted by molar-refractivity contribution is 6.31. The Hall–Kier alpha value is -0.510. The maximum Gasteiger partial charge on any atom is 0.165 e. The fourth-order valence-electron chi connectivity index (χ4n) is 0.955. The minimum Gasteiger partial charge on any atom is -0.396 e. The summed E-state index contributed by atoms with van der Waals surface area (Å²) >= 11 is 10.9. The van der Waals surface area contributed by atoms with Crippen molar-refractivity contribution >= 4 is 28.9 Å². The molecule has 0 amide bonds. The van der Waals surface area contributed by atoms with Gasteiger partial charge in [-0.2, -0.15) is 0 Å². The van der Waals surface area contributed by atoms with Gasteiger partial charge in [-0.3, -0.25) is 0 Å². The lowest BCUT2D eigenvalue weighted by Crippen LogP contribution is -2.05. The van der Waals surface area contributed by atoms with E-state index in [0.717, 1.165) is 0 Å². The van der Waals surface area contributed by atoms with Crippen LogP contribution in [0.4, 0.5) is 10.1 Å². The molecular formula is C8H8Cl2FNO. The van der Waals surface area contributed by atoms with E-state index in [0.29, 0.717) is 0 Å². The topological polar surface area (TPSA) is 46.2 Å². The summed E-state index contributed by atoms with van der Waals surface area (Å²) in [4.78, 5) is 0. The van der Waals surface area contributed by atoms with E-state index in [1.807, 2.05) is 0 Å². The lowest BCUT2D eigenvalue weighted by molar-refractivity contribution is 0.203. The molecule has 72 valence electrons. The second kappa shape index (κ2) is 4.13. The number of nitrogens with two attached hydrogens (primary N) is 1. The van der Waals surface area contributed by atoms with E-state index in [9.17, 15) is 9.50 Å². The minimum absolute atomic E-state index is 0.0364. The first kappa shape index (κ1) is 10.6. The normalized spacial score (nSPS) is 12.9. The van der Waals surface area contributed by atoms with Crippen LogP contribution in [-0.4, -0.2) is 11.0 Å². The minimum atomic E-state index is -0.964. The van der Waals surface area contributed by atoms with Crippen LogP contribution in [0.5, 0.6) is 0 Å². The SMILES string of the molecule is Nc1c(C(O)CCl)ccc(Cl)c1F. The number of rotatable bonds is 2. The van der Waals surface area contributed by atoms with Gasteiger partial charge < -0.3 is 10.8 Å². The summed E-state index contributed by atoms with van der Waals surface area (Å²) in [6.45, 7) is 0. The van der Waals surface area contributed by atoms with Crippen LogP contribution in [0.1, 0.15) is 11.7 Å². The van der Waals surface area contributed by atoms with E-state index in [-0.39, 0.29) is 22.2 Å². The van der Waals surface area contributed by atoms with Gasteiger partial charge in [0.2, 0.25) is 0 Å². The van der Waals surface area contributed by atoms with Crippen LogP contribution in [0.15, 0.2) is 12.1 Å². The lowest BCUT2D eigenvalue weighted by Gasteiger charge is -2.11. The van der Waals surface area contributed by atoms with Crippen LogP contribution < -0.4 is 5.73 Å². The monoisotopic (exact) mass is 223 g/mol. The molecule has 0 heterocycles. The number of hydrogen-bond donors (Lipinski definition) is 2. The van der Waals surface area contributed by atoms with Gasteiger partial charge in [-0.15, -0.1) is 11.6 Å². The van der Waals surface area contributed by atoms with Crippen molar-refractivity contribution in [2.24, 2.45) is 0 Å². The van der Waals surface area contributed by atoms with E-state index >= 15 is 0 Å². The van der Waals surface area contributed by atoms with Gasteiger partial charge in [0.1, 0.15) is 0 Å². The molecular weight excluding hydrogens is 216 g/mol. The van der Waals surface area contributed by atoms with Gasteiger partial charge in [-0.05, 0) is 6.07 Å². The number of benzene rings is 1. The van der Waals surface area contributed by atoms with Crippen LogP contribution in [0, 0.1) is 5.82 Å². The van der Waals surface area contributed by atoms with Gasteiger partial charge in [0.15, 0.2) is 5.82 Å². The second-order valence-corrected chi connectivity index (χ2v) is 3.25. The van der Waals surface area contributed by atoms with Gasteiger partial charge in [-0.25, -0.2) is 4.39 Å². The lowest BCUT2D eigenvalue weighted by atomic mass is 10.1. The van der Waals surface area contributed by atoms with Crippen molar-refractivity contribution in [1.82, 2.24) is 0 Å². The van der Waals surface area contributed by atoms with E-state index in [4.69, 9.17) is 28.9 Å². The summed E-state index contributed by atoms with van der Waals surface area (Å²) in [6.07, 6.45) is -0.964. The second-order valence-electron chi connectivity index (χ2n) is 2.53. The quantitative estimate of drug-likeness (QED) is 0.598. The molecule has 5 heteroatoms. The van der Waals surface area contributed by atoms with Crippen molar-refractivity contribution in [1.29, 1.82) is 0 Å². The Balaban J connectivity index is 3.18. The summed E-state index contributed by atoms with van der Waals surface area (Å²) in [5, 5.41) is 9.24. The van der Waals surface area contributed by atoms with Crippen molar-refractivity contribution in [2.75, 3.05) is 11.6 Å². The van der Waals surface area contributed by atoms with E-state index in [1.165, 1.54) is 12.1 Å². The van der Waals surface area contributed by atoms with E-state index in [2.05, 4.69) is 0 Å².